The van der Waals surface area contributed by atoms with Crippen molar-refractivity contribution in [2.75, 3.05) is 19.8 Å². The summed E-state index contributed by atoms with van der Waals surface area (Å²) >= 11 is 0. The Kier molecular flexibility index (Phi) is 23.0. The number of ether oxygens (including phenoxy) is 19. The molecule has 0 aromatic rings. The van der Waals surface area contributed by atoms with Crippen LogP contribution in [0.25, 0.3) is 0 Å². The first kappa shape index (κ1) is 78.7. The molecule has 0 unspecified atom stereocenters. The van der Waals surface area contributed by atoms with Crippen LogP contribution in [0.1, 0.15) is 182 Å². The van der Waals surface area contributed by atoms with Crippen LogP contribution in [0.4, 0.5) is 0 Å². The maximum absolute atomic E-state index is 15.7. The Labute approximate surface area is 597 Å². The molecule has 5 saturated heterocycles. The van der Waals surface area contributed by atoms with E-state index < -0.39 is 224 Å². The predicted molar refractivity (Wildman–Crippen MR) is 343 cm³/mol. The number of fused-ring (bicyclic) bond motifs is 9. The van der Waals surface area contributed by atoms with Gasteiger partial charge >= 0.3 is 71.6 Å². The lowest BCUT2D eigenvalue weighted by atomic mass is 9.33. The monoisotopic (exact) mass is 1460 g/mol. The molecule has 0 aromatic carbocycles. The van der Waals surface area contributed by atoms with E-state index >= 15 is 4.79 Å². The van der Waals surface area contributed by atoms with Crippen LogP contribution in [0, 0.1) is 50.2 Å². The quantitative estimate of drug-likeness (QED) is 0.0664. The molecule has 10 rings (SSSR count). The van der Waals surface area contributed by atoms with Gasteiger partial charge in [-0.25, -0.2) is 4.79 Å². The van der Waals surface area contributed by atoms with Crippen molar-refractivity contribution in [2.24, 2.45) is 50.2 Å². The van der Waals surface area contributed by atoms with Crippen molar-refractivity contribution in [3.63, 3.8) is 0 Å². The molecule has 0 aromatic heterocycles. The van der Waals surface area contributed by atoms with E-state index in [9.17, 15) is 52.7 Å². The first-order valence-corrected chi connectivity index (χ1v) is 35.4. The van der Waals surface area contributed by atoms with Crippen molar-refractivity contribution < 1.29 is 148 Å². The van der Waals surface area contributed by atoms with Gasteiger partial charge in [0, 0.05) is 69.2 Å². The molecule has 0 N–H and O–H groups in total. The Morgan fingerprint density at radius 1 is 0.456 bits per heavy atom. The minimum absolute atomic E-state index is 0.0165. The first-order chi connectivity index (χ1) is 48.1. The molecular formula is C72H100O31. The van der Waals surface area contributed by atoms with E-state index in [0.717, 1.165) is 75.2 Å². The Hall–Kier alpha value is -6.90. The molecule has 10 aliphatic rings. The highest BCUT2D eigenvalue weighted by Crippen LogP contribution is 2.76. The highest BCUT2D eigenvalue weighted by Gasteiger charge is 2.71. The fraction of sp³-hybridized carbons (Fsp3) is 0.806. The number of hydrogen-bond donors (Lipinski definition) is 0. The molecule has 31 nitrogen and oxygen atoms in total. The average molecular weight is 1460 g/mol. The van der Waals surface area contributed by atoms with E-state index in [1.165, 1.54) is 12.5 Å². The number of carbonyl (C=O) groups excluding carboxylic acids is 12. The van der Waals surface area contributed by atoms with Gasteiger partial charge in [-0.2, -0.15) is 0 Å². The number of hydrogen-bond acceptors (Lipinski definition) is 31. The van der Waals surface area contributed by atoms with Gasteiger partial charge in [-0.05, 0) is 109 Å². The lowest BCUT2D eigenvalue weighted by molar-refractivity contribution is -0.367. The summed E-state index contributed by atoms with van der Waals surface area (Å²) in [6, 6.07) is 0. The molecular weight excluding hydrogens is 1360 g/mol. The molecule has 5 aliphatic carbocycles. The van der Waals surface area contributed by atoms with Gasteiger partial charge in [0.1, 0.15) is 18.8 Å². The third kappa shape index (κ3) is 15.7. The van der Waals surface area contributed by atoms with Crippen LogP contribution in [0.5, 0.6) is 0 Å². The zero-order valence-electron chi connectivity index (χ0n) is 61.6. The highest BCUT2D eigenvalue weighted by atomic mass is 16.8. The fourth-order valence-corrected chi connectivity index (χ4v) is 19.2. The summed E-state index contributed by atoms with van der Waals surface area (Å²) in [6.07, 6.45) is -19.8. The van der Waals surface area contributed by atoms with Crippen LogP contribution in [-0.4, -0.2) is 208 Å². The second-order valence-corrected chi connectivity index (χ2v) is 31.4. The van der Waals surface area contributed by atoms with Crippen LogP contribution >= 0.6 is 0 Å². The molecule has 0 radical (unpaired) electrons. The van der Waals surface area contributed by atoms with Crippen LogP contribution in [0.15, 0.2) is 11.6 Å². The zero-order chi connectivity index (χ0) is 75.5. The van der Waals surface area contributed by atoms with E-state index in [0.29, 0.717) is 51.4 Å². The number of carbonyl (C=O) groups is 12. The fourth-order valence-electron chi connectivity index (χ4n) is 19.2. The predicted octanol–water partition coefficient (Wildman–Crippen LogP) is 5.52. The Balaban J connectivity index is 0.951. The minimum Gasteiger partial charge on any atom is -0.463 e. The number of rotatable bonds is 19. The van der Waals surface area contributed by atoms with E-state index in [1.807, 2.05) is 0 Å². The van der Waals surface area contributed by atoms with Crippen LogP contribution < -0.4 is 0 Å². The van der Waals surface area contributed by atoms with Gasteiger partial charge in [0.25, 0.3) is 0 Å². The first-order valence-electron chi connectivity index (χ1n) is 35.4. The smallest absolute Gasteiger partial charge is 0.338 e. The minimum atomic E-state index is -1.71. The molecule has 31 heteroatoms. The molecule has 574 valence electrons. The Bertz CT molecular complexity index is 3340. The lowest BCUT2D eigenvalue weighted by Gasteiger charge is -2.71. The van der Waals surface area contributed by atoms with Crippen LogP contribution in [0.3, 0.4) is 0 Å². The molecule has 9 fully saturated rings. The number of allylic oxidation sites excluding steroid dienone is 2. The summed E-state index contributed by atoms with van der Waals surface area (Å²) < 4.78 is 114. The zero-order valence-corrected chi connectivity index (χ0v) is 61.6. The summed E-state index contributed by atoms with van der Waals surface area (Å²) in [5.41, 5.74) is -1.96. The summed E-state index contributed by atoms with van der Waals surface area (Å²) in [6.45, 7) is 25.5. The standard InChI is InChI=1S/C72H100O31/c1-32(73)85-29-46-50(90-35(4)76)53(93-38(7)79)59(96-41(10)82)64(97-46)103-66(84)72-26-24-67(11,12)28-43(72)42-18-19-48-69(15)22-21-49(68(13,14)47(69)20-23-71(48,17)70(42,16)25-27-72)98-65-60(102-63-58(95-40(9)81)52(92-37(6)78)45(31-87-63)89-34(3)75)55-54(56(101-65)61(83)99-55)100-62-57(94-39(8)80)51(91-36(5)77)44(30-86-62)88-33(2)74/h18,43-60,62-65H,19-31H2,1-17H3/t43-,44+,45+,46+,47-,48+,49-,50+,51-,52-,53-,54-,55-,56-,57+,58+,59+,60+,62-,63-,64-,65+,69-,70+,71+,72-/m0/s1. The Morgan fingerprint density at radius 2 is 0.942 bits per heavy atom. The van der Waals surface area contributed by atoms with E-state index in [4.69, 9.17) is 90.0 Å². The molecule has 5 aliphatic heterocycles. The SMILES string of the molecule is CC(=O)OC[C@H]1O[C@@H](OC(=O)[C@]23CCC(C)(C)C[C@H]2C2=CC[C@@H]4[C@@]5(C)CC[C@H](O[C@@H]6O[C@@H]7C(=O)O[C@H]([C@H]6O[C@@H]6OC[C@@H](OC(C)=O)[C@H](OC(C)=O)[C@H]6OC(C)=O)[C@@H]7O[C@@H]6OC[C@@H](OC(C)=O)[C@H](OC(C)=O)[C@H]6OC(C)=O)C(C)(C)[C@@H]5CC[C@@]4(C)[C@]2(C)CC3)[C@H](OC(C)=O)[C@@H](OC(C)=O)[C@@H]1OC(C)=O. The summed E-state index contributed by atoms with van der Waals surface area (Å²) in [4.78, 5) is 156. The van der Waals surface area contributed by atoms with Gasteiger partial charge in [-0.3, -0.25) is 52.7 Å². The van der Waals surface area contributed by atoms with Crippen molar-refractivity contribution in [3.05, 3.63) is 11.6 Å². The molecule has 0 spiro atoms. The third-order valence-corrected chi connectivity index (χ3v) is 23.6. The number of esters is 12. The van der Waals surface area contributed by atoms with Crippen molar-refractivity contribution in [3.8, 4) is 0 Å². The van der Waals surface area contributed by atoms with Gasteiger partial charge in [0.2, 0.25) is 12.4 Å². The van der Waals surface area contributed by atoms with E-state index in [1.54, 1.807) is 0 Å². The second-order valence-electron chi connectivity index (χ2n) is 31.4. The largest absolute Gasteiger partial charge is 0.463 e. The Morgan fingerprint density at radius 3 is 1.47 bits per heavy atom. The van der Waals surface area contributed by atoms with Crippen molar-refractivity contribution in [1.29, 1.82) is 0 Å². The van der Waals surface area contributed by atoms with Gasteiger partial charge in [-0.1, -0.05) is 60.1 Å². The summed E-state index contributed by atoms with van der Waals surface area (Å²) in [5, 5.41) is 0. The molecule has 103 heavy (non-hydrogen) atoms. The summed E-state index contributed by atoms with van der Waals surface area (Å²) in [7, 11) is 0. The van der Waals surface area contributed by atoms with Crippen LogP contribution in [-0.2, 0) is 148 Å². The van der Waals surface area contributed by atoms with Gasteiger partial charge in [-0.15, -0.1) is 0 Å². The van der Waals surface area contributed by atoms with E-state index in [-0.39, 0.29) is 34.0 Å². The van der Waals surface area contributed by atoms with E-state index in [2.05, 4.69) is 54.5 Å². The van der Waals surface area contributed by atoms with Crippen LogP contribution in [0.2, 0.25) is 0 Å². The van der Waals surface area contributed by atoms with Crippen molar-refractivity contribution in [2.45, 2.75) is 299 Å². The molecule has 26 atom stereocenters. The molecule has 0 amide bonds. The topological polar surface area (TPSA) is 380 Å². The summed E-state index contributed by atoms with van der Waals surface area (Å²) in [5.74, 6) is -9.92. The van der Waals surface area contributed by atoms with Gasteiger partial charge in [0.05, 0.1) is 24.7 Å². The molecule has 2 bridgehead atoms. The average Bonchev–Trinajstić information content (AvgIpc) is 1.05. The van der Waals surface area contributed by atoms with Crippen molar-refractivity contribution >= 4 is 71.6 Å². The lowest BCUT2D eigenvalue weighted by Crippen LogP contribution is -2.67. The maximum Gasteiger partial charge on any atom is 0.338 e. The third-order valence-electron chi connectivity index (χ3n) is 23.6. The van der Waals surface area contributed by atoms with Gasteiger partial charge in [0.15, 0.2) is 86.0 Å². The van der Waals surface area contributed by atoms with Crippen molar-refractivity contribution in [1.82, 2.24) is 0 Å². The normalized spacial score (nSPS) is 41.1. The highest BCUT2D eigenvalue weighted by molar-refractivity contribution is 5.80. The molecule has 5 heterocycles. The van der Waals surface area contributed by atoms with Gasteiger partial charge < -0.3 is 90.0 Å². The molecule has 4 saturated carbocycles. The second kappa shape index (κ2) is 30.2. The maximum atomic E-state index is 15.7.